The molecule has 0 aliphatic rings. The molecule has 1 rings (SSSR count). The zero-order valence-electron chi connectivity index (χ0n) is 13.4. The smallest absolute Gasteiger partial charge is 0.243 e. The van der Waals surface area contributed by atoms with Crippen molar-refractivity contribution in [3.8, 4) is 18.1 Å². The number of unbranched alkanes of at least 4 members (excludes halogenated alkanes) is 2. The van der Waals surface area contributed by atoms with Gasteiger partial charge in [-0.25, -0.2) is 8.42 Å². The Labute approximate surface area is 134 Å². The van der Waals surface area contributed by atoms with Crippen molar-refractivity contribution in [1.82, 2.24) is 4.31 Å². The molecule has 0 unspecified atom stereocenters. The van der Waals surface area contributed by atoms with Gasteiger partial charge in [-0.05, 0) is 37.1 Å². The Bertz CT molecular complexity index is 565. The monoisotopic (exact) mass is 323 g/mol. The minimum absolute atomic E-state index is 0.172. The molecule has 5 heteroatoms. The van der Waals surface area contributed by atoms with Crippen molar-refractivity contribution in [2.45, 2.75) is 44.4 Å². The van der Waals surface area contributed by atoms with Gasteiger partial charge in [-0.1, -0.05) is 32.6 Å². The molecule has 0 aliphatic heterocycles. The van der Waals surface area contributed by atoms with Crippen LogP contribution in [0.3, 0.4) is 0 Å². The zero-order chi connectivity index (χ0) is 16.4. The lowest BCUT2D eigenvalue weighted by Crippen LogP contribution is -2.33. The maximum atomic E-state index is 12.7. The molecule has 0 heterocycles. The van der Waals surface area contributed by atoms with Crippen LogP contribution in [0.5, 0.6) is 5.75 Å². The van der Waals surface area contributed by atoms with Crippen LogP contribution >= 0.6 is 0 Å². The van der Waals surface area contributed by atoms with Crippen LogP contribution in [-0.2, 0) is 10.0 Å². The molecule has 0 saturated carbocycles. The fourth-order valence-electron chi connectivity index (χ4n) is 2.00. The van der Waals surface area contributed by atoms with Gasteiger partial charge in [-0.3, -0.25) is 0 Å². The van der Waals surface area contributed by atoms with Gasteiger partial charge in [-0.2, -0.15) is 4.31 Å². The van der Waals surface area contributed by atoms with E-state index in [1.165, 1.54) is 0 Å². The van der Waals surface area contributed by atoms with Gasteiger partial charge >= 0.3 is 0 Å². The fourth-order valence-corrected chi connectivity index (χ4v) is 3.52. The van der Waals surface area contributed by atoms with E-state index < -0.39 is 10.0 Å². The number of benzene rings is 1. The fraction of sp³-hybridized carbons (Fsp3) is 0.529. The summed E-state index contributed by atoms with van der Waals surface area (Å²) in [5, 5.41) is 0. The van der Waals surface area contributed by atoms with Crippen LogP contribution in [0.25, 0.3) is 0 Å². The van der Waals surface area contributed by atoms with Crippen molar-refractivity contribution < 1.29 is 13.2 Å². The molecule has 0 spiro atoms. The molecule has 0 N–H and O–H groups in total. The Hall–Kier alpha value is -1.51. The third-order valence-electron chi connectivity index (χ3n) is 3.31. The largest absolute Gasteiger partial charge is 0.481 e. The third kappa shape index (κ3) is 5.36. The summed E-state index contributed by atoms with van der Waals surface area (Å²) in [5.74, 6) is 2.95. The van der Waals surface area contributed by atoms with Gasteiger partial charge in [0.05, 0.1) is 4.90 Å². The van der Waals surface area contributed by atoms with Gasteiger partial charge in [0.15, 0.2) is 0 Å². The van der Waals surface area contributed by atoms with Crippen LogP contribution in [0.4, 0.5) is 0 Å². The standard InChI is InChI=1S/C17H25NO3S/c1-4-7-13-18(14-8-5-2)22(19,20)17-11-9-16(10-12-17)21-15-6-3/h3,9-12H,4-5,7-8,13-15H2,1-2H3. The molecule has 1 aromatic rings. The van der Waals surface area contributed by atoms with E-state index in [9.17, 15) is 8.42 Å². The Morgan fingerprint density at radius 1 is 1.09 bits per heavy atom. The minimum Gasteiger partial charge on any atom is -0.481 e. The highest BCUT2D eigenvalue weighted by Gasteiger charge is 2.23. The maximum Gasteiger partial charge on any atom is 0.243 e. The van der Waals surface area contributed by atoms with Crippen LogP contribution in [0.1, 0.15) is 39.5 Å². The van der Waals surface area contributed by atoms with Crippen LogP contribution < -0.4 is 4.74 Å². The highest BCUT2D eigenvalue weighted by molar-refractivity contribution is 7.89. The predicted octanol–water partition coefficient (Wildman–Crippen LogP) is 3.29. The first-order chi connectivity index (χ1) is 10.6. The summed E-state index contributed by atoms with van der Waals surface area (Å²) in [6, 6.07) is 6.43. The second kappa shape index (κ2) is 9.50. The second-order valence-electron chi connectivity index (χ2n) is 5.08. The molecule has 0 saturated heterocycles. The van der Waals surface area contributed by atoms with Crippen molar-refractivity contribution in [2.24, 2.45) is 0 Å². The summed E-state index contributed by atoms with van der Waals surface area (Å²) in [7, 11) is -3.45. The van der Waals surface area contributed by atoms with Crippen molar-refractivity contribution in [3.63, 3.8) is 0 Å². The summed E-state index contributed by atoms with van der Waals surface area (Å²) in [6.07, 6.45) is 8.80. The summed E-state index contributed by atoms with van der Waals surface area (Å²) in [6.45, 7) is 5.41. The topological polar surface area (TPSA) is 46.6 Å². The third-order valence-corrected chi connectivity index (χ3v) is 5.22. The Kier molecular flexibility index (Phi) is 8.00. The van der Waals surface area contributed by atoms with E-state index in [2.05, 4.69) is 19.8 Å². The second-order valence-corrected chi connectivity index (χ2v) is 7.01. The molecule has 0 amide bonds. The van der Waals surface area contributed by atoms with Gasteiger partial charge in [-0.15, -0.1) is 6.42 Å². The lowest BCUT2D eigenvalue weighted by Gasteiger charge is -2.22. The number of hydrogen-bond acceptors (Lipinski definition) is 3. The van der Waals surface area contributed by atoms with Crippen molar-refractivity contribution >= 4 is 10.0 Å². The lowest BCUT2D eigenvalue weighted by atomic mass is 10.3. The minimum atomic E-state index is -3.45. The van der Waals surface area contributed by atoms with Crippen LogP contribution in [-0.4, -0.2) is 32.4 Å². The highest BCUT2D eigenvalue weighted by Crippen LogP contribution is 2.20. The lowest BCUT2D eigenvalue weighted by molar-refractivity contribution is 0.370. The van der Waals surface area contributed by atoms with E-state index in [1.807, 2.05) is 0 Å². The first kappa shape index (κ1) is 18.5. The zero-order valence-corrected chi connectivity index (χ0v) is 14.2. The summed E-state index contributed by atoms with van der Waals surface area (Å²) < 4.78 is 32.3. The Morgan fingerprint density at radius 2 is 1.64 bits per heavy atom. The van der Waals surface area contributed by atoms with Crippen molar-refractivity contribution in [3.05, 3.63) is 24.3 Å². The summed E-state index contributed by atoms with van der Waals surface area (Å²) in [4.78, 5) is 0.299. The predicted molar refractivity (Wildman–Crippen MR) is 89.3 cm³/mol. The first-order valence-electron chi connectivity index (χ1n) is 7.72. The Balaban J connectivity index is 2.90. The molecule has 0 aromatic heterocycles. The van der Waals surface area contributed by atoms with Crippen molar-refractivity contribution in [1.29, 1.82) is 0 Å². The molecule has 4 nitrogen and oxygen atoms in total. The number of nitrogens with zero attached hydrogens (tertiary/aromatic N) is 1. The van der Waals surface area contributed by atoms with E-state index in [0.29, 0.717) is 23.7 Å². The van der Waals surface area contributed by atoms with Gasteiger partial charge in [0.1, 0.15) is 12.4 Å². The average molecular weight is 323 g/mol. The van der Waals surface area contributed by atoms with E-state index >= 15 is 0 Å². The molecule has 0 radical (unpaired) electrons. The molecule has 0 atom stereocenters. The maximum absolute atomic E-state index is 12.7. The molecule has 0 fully saturated rings. The summed E-state index contributed by atoms with van der Waals surface area (Å²) in [5.41, 5.74) is 0. The molecule has 1 aromatic carbocycles. The normalized spacial score (nSPS) is 11.4. The average Bonchev–Trinajstić information content (AvgIpc) is 2.53. The van der Waals surface area contributed by atoms with Gasteiger partial charge in [0.25, 0.3) is 0 Å². The molecule has 122 valence electrons. The molecular weight excluding hydrogens is 298 g/mol. The molecular formula is C17H25NO3S. The Morgan fingerprint density at radius 3 is 2.09 bits per heavy atom. The molecule has 0 bridgehead atoms. The number of sulfonamides is 1. The molecule has 0 aliphatic carbocycles. The summed E-state index contributed by atoms with van der Waals surface area (Å²) >= 11 is 0. The van der Waals surface area contributed by atoms with Crippen LogP contribution in [0.2, 0.25) is 0 Å². The van der Waals surface area contributed by atoms with E-state index in [1.54, 1.807) is 28.6 Å². The van der Waals surface area contributed by atoms with Gasteiger partial charge in [0, 0.05) is 13.1 Å². The van der Waals surface area contributed by atoms with Gasteiger partial charge in [0.2, 0.25) is 10.0 Å². The van der Waals surface area contributed by atoms with E-state index in [0.717, 1.165) is 25.7 Å². The quantitative estimate of drug-likeness (QED) is 0.621. The highest BCUT2D eigenvalue weighted by atomic mass is 32.2. The first-order valence-corrected chi connectivity index (χ1v) is 9.16. The van der Waals surface area contributed by atoms with Gasteiger partial charge < -0.3 is 4.74 Å². The van der Waals surface area contributed by atoms with E-state index in [4.69, 9.17) is 11.2 Å². The number of terminal acetylenes is 1. The van der Waals surface area contributed by atoms with E-state index in [-0.39, 0.29) is 6.61 Å². The number of ether oxygens (including phenoxy) is 1. The number of rotatable bonds is 10. The van der Waals surface area contributed by atoms with Crippen molar-refractivity contribution in [2.75, 3.05) is 19.7 Å². The molecule has 22 heavy (non-hydrogen) atoms. The van der Waals surface area contributed by atoms with Crippen LogP contribution in [0.15, 0.2) is 29.2 Å². The number of hydrogen-bond donors (Lipinski definition) is 0. The SMILES string of the molecule is C#CCOc1ccc(S(=O)(=O)N(CCCC)CCCC)cc1. The van der Waals surface area contributed by atoms with Crippen LogP contribution in [0, 0.1) is 12.3 Å².